The van der Waals surface area contributed by atoms with Crippen molar-refractivity contribution in [3.05, 3.63) is 35.6 Å². The smallest absolute Gasteiger partial charge is 0.327 e. The van der Waals surface area contributed by atoms with Crippen molar-refractivity contribution < 1.29 is 23.5 Å². The minimum absolute atomic E-state index is 0.181. The SMILES string of the molecule is CCOC(=O)[C@]1(CC)N[C@H](c2ccc(F)cc2)[C@H]2C(=O)N(CC)C(=O)[C@@H]21. The highest BCUT2D eigenvalue weighted by Crippen LogP contribution is 2.50. The first kappa shape index (κ1) is 18.5. The van der Waals surface area contributed by atoms with Crippen LogP contribution in [0.2, 0.25) is 0 Å². The third kappa shape index (κ3) is 2.53. The third-order valence-corrected chi connectivity index (χ3v) is 5.49. The summed E-state index contributed by atoms with van der Waals surface area (Å²) in [6.45, 7) is 5.66. The molecule has 0 aromatic heterocycles. The lowest BCUT2D eigenvalue weighted by atomic mass is 9.78. The largest absolute Gasteiger partial charge is 0.465 e. The lowest BCUT2D eigenvalue weighted by Gasteiger charge is -2.31. The van der Waals surface area contributed by atoms with Crippen LogP contribution < -0.4 is 5.32 Å². The number of carbonyl (C=O) groups excluding carboxylic acids is 3. The molecule has 0 unspecified atom stereocenters. The Bertz CT molecular complexity index is 736. The standard InChI is InChI=1S/C19H23FN2O4/c1-4-19(18(25)26-6-3)14-13(16(23)22(5-2)17(14)24)15(21-19)11-7-9-12(20)10-8-11/h7-10,13-15,21H,4-6H2,1-3H3/t13-,14+,15+,19+/m0/s1. The number of fused-ring (bicyclic) bond motifs is 1. The van der Waals surface area contributed by atoms with Gasteiger partial charge in [0.05, 0.1) is 18.4 Å². The number of nitrogens with zero attached hydrogens (tertiary/aromatic N) is 1. The molecule has 2 amide bonds. The van der Waals surface area contributed by atoms with Gasteiger partial charge in [-0.2, -0.15) is 0 Å². The van der Waals surface area contributed by atoms with Crippen LogP contribution >= 0.6 is 0 Å². The molecule has 6 nitrogen and oxygen atoms in total. The number of likely N-dealkylation sites (tertiary alicyclic amines) is 1. The molecule has 0 radical (unpaired) electrons. The molecule has 2 heterocycles. The number of amides is 2. The summed E-state index contributed by atoms with van der Waals surface area (Å²) < 4.78 is 18.6. The van der Waals surface area contributed by atoms with E-state index in [4.69, 9.17) is 4.74 Å². The van der Waals surface area contributed by atoms with Crippen molar-refractivity contribution in [3.63, 3.8) is 0 Å². The van der Waals surface area contributed by atoms with Crippen LogP contribution in [0.5, 0.6) is 0 Å². The normalized spacial score (nSPS) is 30.6. The number of halogens is 1. The fourth-order valence-corrected chi connectivity index (χ4v) is 4.25. The molecule has 7 heteroatoms. The van der Waals surface area contributed by atoms with Gasteiger partial charge in [-0.15, -0.1) is 0 Å². The summed E-state index contributed by atoms with van der Waals surface area (Å²) in [5.41, 5.74) is -0.601. The van der Waals surface area contributed by atoms with Crippen LogP contribution in [0, 0.1) is 17.7 Å². The molecular formula is C19H23FN2O4. The van der Waals surface area contributed by atoms with E-state index in [1.807, 2.05) is 0 Å². The molecule has 0 aliphatic carbocycles. The predicted octanol–water partition coefficient (Wildman–Crippen LogP) is 1.80. The molecule has 3 rings (SSSR count). The zero-order valence-corrected chi connectivity index (χ0v) is 15.1. The average molecular weight is 362 g/mol. The maximum Gasteiger partial charge on any atom is 0.327 e. The summed E-state index contributed by atoms with van der Waals surface area (Å²) >= 11 is 0. The topological polar surface area (TPSA) is 75.7 Å². The molecule has 2 aliphatic rings. The summed E-state index contributed by atoms with van der Waals surface area (Å²) in [6, 6.07) is 5.21. The van der Waals surface area contributed by atoms with E-state index >= 15 is 0 Å². The molecule has 1 N–H and O–H groups in total. The monoisotopic (exact) mass is 362 g/mol. The molecule has 140 valence electrons. The fraction of sp³-hybridized carbons (Fsp3) is 0.526. The van der Waals surface area contributed by atoms with Crippen LogP contribution in [0.1, 0.15) is 38.8 Å². The zero-order valence-electron chi connectivity index (χ0n) is 15.1. The van der Waals surface area contributed by atoms with Crippen molar-refractivity contribution >= 4 is 17.8 Å². The molecule has 0 bridgehead atoms. The highest BCUT2D eigenvalue weighted by molar-refractivity contribution is 6.09. The van der Waals surface area contributed by atoms with Crippen LogP contribution in [-0.2, 0) is 19.1 Å². The minimum atomic E-state index is -1.27. The molecule has 26 heavy (non-hydrogen) atoms. The molecule has 2 saturated heterocycles. The quantitative estimate of drug-likeness (QED) is 0.639. The number of esters is 1. The molecule has 0 spiro atoms. The Morgan fingerprint density at radius 1 is 1.19 bits per heavy atom. The van der Waals surface area contributed by atoms with Gasteiger partial charge in [0.1, 0.15) is 11.4 Å². The molecular weight excluding hydrogens is 339 g/mol. The Hall–Kier alpha value is -2.28. The first-order valence-corrected chi connectivity index (χ1v) is 8.96. The molecule has 0 saturated carbocycles. The van der Waals surface area contributed by atoms with Gasteiger partial charge in [0.2, 0.25) is 11.8 Å². The number of hydrogen-bond acceptors (Lipinski definition) is 5. The van der Waals surface area contributed by atoms with E-state index in [1.165, 1.54) is 17.0 Å². The van der Waals surface area contributed by atoms with Gasteiger partial charge in [0.15, 0.2) is 0 Å². The Balaban J connectivity index is 2.11. The maximum absolute atomic E-state index is 13.3. The summed E-state index contributed by atoms with van der Waals surface area (Å²) in [4.78, 5) is 39.8. The molecule has 1 aromatic carbocycles. The second kappa shape index (κ2) is 6.79. The van der Waals surface area contributed by atoms with Gasteiger partial charge in [-0.25, -0.2) is 4.39 Å². The van der Waals surface area contributed by atoms with Crippen molar-refractivity contribution in [1.82, 2.24) is 10.2 Å². The van der Waals surface area contributed by atoms with E-state index in [0.29, 0.717) is 12.0 Å². The Kier molecular flexibility index (Phi) is 4.84. The Morgan fingerprint density at radius 3 is 2.38 bits per heavy atom. The van der Waals surface area contributed by atoms with Crippen LogP contribution in [0.25, 0.3) is 0 Å². The lowest BCUT2D eigenvalue weighted by Crippen LogP contribution is -2.56. The number of hydrogen-bond donors (Lipinski definition) is 1. The van der Waals surface area contributed by atoms with Crippen molar-refractivity contribution in [2.24, 2.45) is 11.8 Å². The van der Waals surface area contributed by atoms with Crippen LogP contribution in [0.3, 0.4) is 0 Å². The van der Waals surface area contributed by atoms with Crippen LogP contribution in [0.4, 0.5) is 4.39 Å². The molecule has 4 atom stereocenters. The first-order valence-electron chi connectivity index (χ1n) is 8.96. The predicted molar refractivity (Wildman–Crippen MR) is 91.3 cm³/mol. The molecule has 2 fully saturated rings. The van der Waals surface area contributed by atoms with Gasteiger partial charge >= 0.3 is 5.97 Å². The van der Waals surface area contributed by atoms with Crippen molar-refractivity contribution in [2.45, 2.75) is 38.8 Å². The van der Waals surface area contributed by atoms with E-state index in [-0.39, 0.29) is 30.8 Å². The fourth-order valence-electron chi connectivity index (χ4n) is 4.25. The first-order chi connectivity index (χ1) is 12.4. The highest BCUT2D eigenvalue weighted by atomic mass is 19.1. The van der Waals surface area contributed by atoms with Gasteiger partial charge < -0.3 is 4.74 Å². The van der Waals surface area contributed by atoms with E-state index in [0.717, 1.165) is 0 Å². The zero-order chi connectivity index (χ0) is 19.1. The lowest BCUT2D eigenvalue weighted by molar-refractivity contribution is -0.156. The average Bonchev–Trinajstić information content (AvgIpc) is 3.11. The van der Waals surface area contributed by atoms with E-state index in [1.54, 1.807) is 32.9 Å². The van der Waals surface area contributed by atoms with E-state index in [2.05, 4.69) is 5.32 Å². The number of benzene rings is 1. The van der Waals surface area contributed by atoms with Crippen LogP contribution in [0.15, 0.2) is 24.3 Å². The second-order valence-electron chi connectivity index (χ2n) is 6.64. The number of ether oxygens (including phenoxy) is 1. The van der Waals surface area contributed by atoms with Gasteiger partial charge in [-0.3, -0.25) is 24.6 Å². The van der Waals surface area contributed by atoms with Gasteiger partial charge in [0.25, 0.3) is 0 Å². The Labute approximate surface area is 151 Å². The highest BCUT2D eigenvalue weighted by Gasteiger charge is 2.67. The minimum Gasteiger partial charge on any atom is -0.465 e. The van der Waals surface area contributed by atoms with Crippen LogP contribution in [-0.4, -0.2) is 41.4 Å². The van der Waals surface area contributed by atoms with E-state index < -0.39 is 29.4 Å². The van der Waals surface area contributed by atoms with Gasteiger partial charge in [-0.05, 0) is 38.0 Å². The molecule has 2 aliphatic heterocycles. The number of imide groups is 1. The summed E-state index contributed by atoms with van der Waals surface area (Å²) in [5, 5.41) is 3.22. The van der Waals surface area contributed by atoms with Gasteiger partial charge in [0, 0.05) is 12.6 Å². The third-order valence-electron chi connectivity index (χ3n) is 5.49. The Morgan fingerprint density at radius 2 is 1.85 bits per heavy atom. The van der Waals surface area contributed by atoms with Gasteiger partial charge in [-0.1, -0.05) is 19.1 Å². The summed E-state index contributed by atoms with van der Waals surface area (Å²) in [5.74, 6) is -3.11. The van der Waals surface area contributed by atoms with E-state index in [9.17, 15) is 18.8 Å². The number of rotatable bonds is 5. The van der Waals surface area contributed by atoms with Crippen molar-refractivity contribution in [3.8, 4) is 0 Å². The van der Waals surface area contributed by atoms with Crippen molar-refractivity contribution in [1.29, 1.82) is 0 Å². The maximum atomic E-state index is 13.3. The van der Waals surface area contributed by atoms with Crippen molar-refractivity contribution in [2.75, 3.05) is 13.2 Å². The molecule has 1 aromatic rings. The number of nitrogens with one attached hydrogen (secondary N) is 1. The summed E-state index contributed by atoms with van der Waals surface area (Å²) in [6.07, 6.45) is 0.307. The summed E-state index contributed by atoms with van der Waals surface area (Å²) in [7, 11) is 0. The second-order valence-corrected chi connectivity index (χ2v) is 6.64. The number of carbonyl (C=O) groups is 3.